The van der Waals surface area contributed by atoms with Gasteiger partial charge in [0, 0.05) is 20.3 Å². The maximum atomic E-state index is 13.3. The van der Waals surface area contributed by atoms with E-state index in [0.717, 1.165) is 0 Å². The van der Waals surface area contributed by atoms with Crippen LogP contribution in [0.1, 0.15) is 50.1 Å². The van der Waals surface area contributed by atoms with Gasteiger partial charge in [0.15, 0.2) is 0 Å². The molecule has 0 aliphatic heterocycles. The zero-order valence-corrected chi connectivity index (χ0v) is 20.1. The van der Waals surface area contributed by atoms with Crippen molar-refractivity contribution in [3.05, 3.63) is 31.3 Å². The molecule has 1 amide bonds. The molecule has 0 unspecified atom stereocenters. The van der Waals surface area contributed by atoms with Gasteiger partial charge in [-0.15, -0.1) is 11.3 Å². The molecule has 176 valence electrons. The molecule has 1 saturated carbocycles. The molecule has 0 radical (unpaired) electrons. The van der Waals surface area contributed by atoms with Crippen molar-refractivity contribution in [2.75, 3.05) is 20.8 Å². The van der Waals surface area contributed by atoms with E-state index in [9.17, 15) is 14.4 Å². The number of hydrogen-bond donors (Lipinski definition) is 1. The summed E-state index contributed by atoms with van der Waals surface area (Å²) in [4.78, 5) is 39.6. The summed E-state index contributed by atoms with van der Waals surface area (Å²) in [5.74, 6) is 0. The van der Waals surface area contributed by atoms with Crippen molar-refractivity contribution in [2.24, 2.45) is 5.10 Å². The molecule has 10 nitrogen and oxygen atoms in total. The minimum absolute atomic E-state index is 0.0552. The van der Waals surface area contributed by atoms with Crippen molar-refractivity contribution in [2.45, 2.75) is 64.8 Å². The summed E-state index contributed by atoms with van der Waals surface area (Å²) in [6, 6.07) is -0.191. The second-order valence-electron chi connectivity index (χ2n) is 8.73. The zero-order chi connectivity index (χ0) is 23.6. The van der Waals surface area contributed by atoms with Gasteiger partial charge in [-0.25, -0.2) is 15.0 Å². The summed E-state index contributed by atoms with van der Waals surface area (Å²) in [5.41, 5.74) is 1.72. The second kappa shape index (κ2) is 9.55. The molecule has 3 rings (SSSR count). The lowest BCUT2D eigenvalue weighted by Gasteiger charge is -2.35. The van der Waals surface area contributed by atoms with E-state index >= 15 is 0 Å². The molecule has 11 heteroatoms. The van der Waals surface area contributed by atoms with Gasteiger partial charge in [0.2, 0.25) is 0 Å². The van der Waals surface area contributed by atoms with Gasteiger partial charge in [0.05, 0.1) is 35.7 Å². The number of hydrogen-bond acceptors (Lipinski definition) is 8. The molecule has 0 aromatic carbocycles. The highest BCUT2D eigenvalue weighted by Crippen LogP contribution is 2.33. The highest BCUT2D eigenvalue weighted by Gasteiger charge is 2.34. The number of carbonyl (C=O) groups is 1. The minimum Gasteiger partial charge on any atom is -0.443 e. The Morgan fingerprint density at radius 3 is 2.56 bits per heavy atom. The Bertz CT molecular complexity index is 1130. The maximum absolute atomic E-state index is 13.3. The number of fused-ring (bicyclic) bond motifs is 1. The molecule has 0 spiro atoms. The zero-order valence-electron chi connectivity index (χ0n) is 19.3. The summed E-state index contributed by atoms with van der Waals surface area (Å²) < 4.78 is 18.6. The molecular formula is C21H30N4O6S. The molecule has 1 N–H and O–H groups in total. The van der Waals surface area contributed by atoms with Crippen LogP contribution in [-0.4, -0.2) is 54.0 Å². The molecule has 1 fully saturated rings. The van der Waals surface area contributed by atoms with E-state index in [1.807, 2.05) is 6.92 Å². The Morgan fingerprint density at radius 2 is 1.97 bits per heavy atom. The van der Waals surface area contributed by atoms with Crippen LogP contribution in [0.4, 0.5) is 4.79 Å². The normalized spacial score (nSPS) is 18.8. The van der Waals surface area contributed by atoms with Crippen LogP contribution in [0.5, 0.6) is 0 Å². The highest BCUT2D eigenvalue weighted by molar-refractivity contribution is 7.20. The van der Waals surface area contributed by atoms with Gasteiger partial charge in [0.25, 0.3) is 5.56 Å². The van der Waals surface area contributed by atoms with Crippen LogP contribution in [0.2, 0.25) is 0 Å². The maximum Gasteiger partial charge on any atom is 0.428 e. The fourth-order valence-corrected chi connectivity index (χ4v) is 4.78. The number of aromatic nitrogens is 2. The SMILES string of the molecule is COCCn1c(=O)n([C@H]2C[C@@H](OC)C2)c(=O)c2c(C)c(C=NNC(=O)OC(C)(C)C)sc21. The second-order valence-corrected chi connectivity index (χ2v) is 9.76. The highest BCUT2D eigenvalue weighted by atomic mass is 32.1. The van der Waals surface area contributed by atoms with E-state index < -0.39 is 11.7 Å². The number of aryl methyl sites for hydroxylation is 1. The van der Waals surface area contributed by atoms with Crippen molar-refractivity contribution in [3.8, 4) is 0 Å². The number of ether oxygens (including phenoxy) is 3. The van der Waals surface area contributed by atoms with Crippen LogP contribution in [0.15, 0.2) is 14.7 Å². The van der Waals surface area contributed by atoms with Crippen molar-refractivity contribution in [1.29, 1.82) is 0 Å². The lowest BCUT2D eigenvalue weighted by Crippen LogP contribution is -2.47. The number of thiophene rings is 1. The van der Waals surface area contributed by atoms with Crippen LogP contribution >= 0.6 is 11.3 Å². The molecule has 0 saturated heterocycles. The Labute approximate surface area is 189 Å². The van der Waals surface area contributed by atoms with Crippen molar-refractivity contribution in [1.82, 2.24) is 14.6 Å². The summed E-state index contributed by atoms with van der Waals surface area (Å²) in [6.07, 6.45) is 2.09. The van der Waals surface area contributed by atoms with Gasteiger partial charge in [0.1, 0.15) is 10.4 Å². The number of hydrazone groups is 1. The number of methoxy groups -OCH3 is 2. The van der Waals surface area contributed by atoms with Crippen LogP contribution in [0.25, 0.3) is 10.2 Å². The van der Waals surface area contributed by atoms with Crippen LogP contribution in [0.3, 0.4) is 0 Å². The minimum atomic E-state index is -0.676. The Balaban J connectivity index is 2.01. The topological polar surface area (TPSA) is 113 Å². The van der Waals surface area contributed by atoms with Gasteiger partial charge in [-0.2, -0.15) is 5.10 Å². The summed E-state index contributed by atoms with van der Waals surface area (Å²) in [7, 11) is 3.19. The fourth-order valence-electron chi connectivity index (χ4n) is 3.59. The third-order valence-corrected chi connectivity index (χ3v) is 6.55. The summed E-state index contributed by atoms with van der Waals surface area (Å²) >= 11 is 1.27. The molecule has 0 bridgehead atoms. The third kappa shape index (κ3) is 4.94. The van der Waals surface area contributed by atoms with E-state index in [-0.39, 0.29) is 23.4 Å². The van der Waals surface area contributed by atoms with Crippen molar-refractivity contribution >= 4 is 33.9 Å². The van der Waals surface area contributed by atoms with E-state index in [1.165, 1.54) is 22.1 Å². The van der Waals surface area contributed by atoms with Crippen LogP contribution < -0.4 is 16.7 Å². The van der Waals surface area contributed by atoms with Gasteiger partial charge >= 0.3 is 11.8 Å². The van der Waals surface area contributed by atoms with E-state index in [1.54, 1.807) is 39.6 Å². The molecule has 2 aromatic heterocycles. The first-order chi connectivity index (χ1) is 15.1. The number of nitrogens with zero attached hydrogens (tertiary/aromatic N) is 3. The molecule has 2 heterocycles. The number of amides is 1. The molecule has 1 aliphatic rings. The predicted molar refractivity (Wildman–Crippen MR) is 123 cm³/mol. The summed E-state index contributed by atoms with van der Waals surface area (Å²) in [6.45, 7) is 7.73. The van der Waals surface area contributed by atoms with Crippen LogP contribution in [-0.2, 0) is 20.8 Å². The average molecular weight is 467 g/mol. The Morgan fingerprint density at radius 1 is 1.28 bits per heavy atom. The number of carbonyl (C=O) groups excluding carboxylic acids is 1. The fraction of sp³-hybridized carbons (Fsp3) is 0.619. The first-order valence-electron chi connectivity index (χ1n) is 10.4. The Kier molecular flexibility index (Phi) is 7.21. The largest absolute Gasteiger partial charge is 0.443 e. The van der Waals surface area contributed by atoms with E-state index in [0.29, 0.717) is 46.7 Å². The smallest absolute Gasteiger partial charge is 0.428 e. The number of nitrogens with one attached hydrogen (secondary N) is 1. The molecule has 0 atom stereocenters. The first-order valence-corrected chi connectivity index (χ1v) is 11.2. The average Bonchev–Trinajstić information content (AvgIpc) is 2.98. The van der Waals surface area contributed by atoms with Gasteiger partial charge in [-0.3, -0.25) is 13.9 Å². The molecule has 1 aliphatic carbocycles. The quantitative estimate of drug-likeness (QED) is 0.495. The molecular weight excluding hydrogens is 436 g/mol. The van der Waals surface area contributed by atoms with Crippen molar-refractivity contribution < 1.29 is 19.0 Å². The standard InChI is InChI=1S/C21H30N4O6S/c1-12-15(11-22-23-19(27)31-21(2,3)4)32-18-16(12)17(26)25(13-9-14(10-13)30-6)20(28)24(18)7-8-29-5/h11,13-14H,7-10H2,1-6H3,(H,23,27)/t13-,14+. The monoisotopic (exact) mass is 466 g/mol. The predicted octanol–water partition coefficient (Wildman–Crippen LogP) is 2.39. The van der Waals surface area contributed by atoms with Gasteiger partial charge in [-0.05, 0) is 46.1 Å². The van der Waals surface area contributed by atoms with Crippen LogP contribution in [0, 0.1) is 6.92 Å². The molecule has 32 heavy (non-hydrogen) atoms. The number of rotatable bonds is 7. The lowest BCUT2D eigenvalue weighted by atomic mass is 9.89. The molecule has 2 aromatic rings. The summed E-state index contributed by atoms with van der Waals surface area (Å²) in [5, 5.41) is 4.43. The van der Waals surface area contributed by atoms with E-state index in [4.69, 9.17) is 14.2 Å². The third-order valence-electron chi connectivity index (χ3n) is 5.30. The first kappa shape index (κ1) is 24.1. The van der Waals surface area contributed by atoms with E-state index in [2.05, 4.69) is 10.5 Å². The lowest BCUT2D eigenvalue weighted by molar-refractivity contribution is 0.00357. The van der Waals surface area contributed by atoms with Gasteiger partial charge < -0.3 is 14.2 Å². The van der Waals surface area contributed by atoms with Crippen molar-refractivity contribution in [3.63, 3.8) is 0 Å². The Hall–Kier alpha value is -2.50. The van der Waals surface area contributed by atoms with Gasteiger partial charge in [-0.1, -0.05) is 0 Å².